The van der Waals surface area contributed by atoms with Crippen molar-refractivity contribution in [1.29, 1.82) is 0 Å². The van der Waals surface area contributed by atoms with Crippen LogP contribution in [0.25, 0.3) is 16.6 Å². The minimum atomic E-state index is -0.324. The Morgan fingerprint density at radius 3 is 2.70 bits per heavy atom. The van der Waals surface area contributed by atoms with Crippen LogP contribution in [0.2, 0.25) is 0 Å². The molecule has 0 unspecified atom stereocenters. The Labute approximate surface area is 115 Å². The van der Waals surface area contributed by atoms with E-state index < -0.39 is 0 Å². The summed E-state index contributed by atoms with van der Waals surface area (Å²) in [6.45, 7) is 3.59. The summed E-state index contributed by atoms with van der Waals surface area (Å²) in [5.41, 5.74) is 2.85. The number of nitrogens with zero attached hydrogens (tertiary/aromatic N) is 3. The van der Waals surface area contributed by atoms with Crippen LogP contribution in [0.1, 0.15) is 11.4 Å². The fourth-order valence-corrected chi connectivity index (χ4v) is 2.30. The number of aryl methyl sites for hydroxylation is 1. The molecular formula is C15H14FN3O. The van der Waals surface area contributed by atoms with Crippen molar-refractivity contribution in [1.82, 2.24) is 14.8 Å². The maximum Gasteiger partial charge on any atom is 0.164 e. The summed E-state index contributed by atoms with van der Waals surface area (Å²) in [6, 6.07) is 7.56. The standard InChI is InChI=1S/C15H14FN3O/c1-9-7-13(19-10(2)12(16)8-17-19)11-5-4-6-14(20-3)15(11)18-9/h4-8H,1-3H3. The molecular weight excluding hydrogens is 257 g/mol. The van der Waals surface area contributed by atoms with Crippen molar-refractivity contribution >= 4 is 10.9 Å². The number of para-hydroxylation sites is 1. The summed E-state index contributed by atoms with van der Waals surface area (Å²) in [5.74, 6) is 0.369. The Hall–Kier alpha value is -2.43. The van der Waals surface area contributed by atoms with Gasteiger partial charge >= 0.3 is 0 Å². The number of halogens is 1. The molecule has 1 aromatic carbocycles. The van der Waals surface area contributed by atoms with E-state index in [9.17, 15) is 4.39 Å². The smallest absolute Gasteiger partial charge is 0.164 e. The van der Waals surface area contributed by atoms with Crippen molar-refractivity contribution in [2.45, 2.75) is 13.8 Å². The molecule has 3 rings (SSSR count). The third-order valence-electron chi connectivity index (χ3n) is 3.31. The highest BCUT2D eigenvalue weighted by atomic mass is 19.1. The normalized spacial score (nSPS) is 11.0. The van der Waals surface area contributed by atoms with E-state index in [1.807, 2.05) is 31.2 Å². The van der Waals surface area contributed by atoms with Crippen LogP contribution in [0.3, 0.4) is 0 Å². The zero-order valence-electron chi connectivity index (χ0n) is 11.5. The SMILES string of the molecule is COc1cccc2c(-n3ncc(F)c3C)cc(C)nc12. The Bertz CT molecular complexity index is 795. The lowest BCUT2D eigenvalue weighted by Crippen LogP contribution is -2.02. The van der Waals surface area contributed by atoms with Gasteiger partial charge in [0.1, 0.15) is 11.3 Å². The van der Waals surface area contributed by atoms with Crippen molar-refractivity contribution in [3.05, 3.63) is 47.7 Å². The Morgan fingerprint density at radius 1 is 1.25 bits per heavy atom. The van der Waals surface area contributed by atoms with E-state index in [1.54, 1.807) is 18.7 Å². The van der Waals surface area contributed by atoms with Gasteiger partial charge in [-0.15, -0.1) is 0 Å². The van der Waals surface area contributed by atoms with E-state index in [-0.39, 0.29) is 5.82 Å². The molecule has 0 radical (unpaired) electrons. The molecule has 0 atom stereocenters. The fourth-order valence-electron chi connectivity index (χ4n) is 2.30. The van der Waals surface area contributed by atoms with Crippen molar-refractivity contribution in [3.63, 3.8) is 0 Å². The lowest BCUT2D eigenvalue weighted by atomic mass is 10.1. The van der Waals surface area contributed by atoms with Crippen LogP contribution >= 0.6 is 0 Å². The Kier molecular flexibility index (Phi) is 2.89. The first-order chi connectivity index (χ1) is 9.61. The predicted molar refractivity (Wildman–Crippen MR) is 74.8 cm³/mol. The molecule has 5 heteroatoms. The number of ether oxygens (including phenoxy) is 1. The number of benzene rings is 1. The van der Waals surface area contributed by atoms with Crippen molar-refractivity contribution < 1.29 is 9.13 Å². The number of hydrogen-bond donors (Lipinski definition) is 0. The first-order valence-corrected chi connectivity index (χ1v) is 6.26. The summed E-state index contributed by atoms with van der Waals surface area (Å²) in [7, 11) is 1.61. The van der Waals surface area contributed by atoms with Gasteiger partial charge in [0.2, 0.25) is 0 Å². The molecule has 0 saturated carbocycles. The largest absolute Gasteiger partial charge is 0.494 e. The average Bonchev–Trinajstić information content (AvgIpc) is 2.77. The number of rotatable bonds is 2. The van der Waals surface area contributed by atoms with Crippen LogP contribution in [0, 0.1) is 19.7 Å². The summed E-state index contributed by atoms with van der Waals surface area (Å²) < 4.78 is 20.5. The molecule has 0 aliphatic rings. The van der Waals surface area contributed by atoms with Gasteiger partial charge in [0.15, 0.2) is 5.82 Å². The fraction of sp³-hybridized carbons (Fsp3) is 0.200. The minimum Gasteiger partial charge on any atom is -0.494 e. The van der Waals surface area contributed by atoms with Gasteiger partial charge in [-0.25, -0.2) is 14.1 Å². The van der Waals surface area contributed by atoms with Gasteiger partial charge in [0, 0.05) is 11.1 Å². The van der Waals surface area contributed by atoms with Crippen LogP contribution in [-0.4, -0.2) is 21.9 Å². The lowest BCUT2D eigenvalue weighted by molar-refractivity contribution is 0.419. The third kappa shape index (κ3) is 1.82. The molecule has 0 spiro atoms. The summed E-state index contributed by atoms with van der Waals surface area (Å²) in [6.07, 6.45) is 1.22. The van der Waals surface area contributed by atoms with E-state index in [4.69, 9.17) is 4.74 Å². The van der Waals surface area contributed by atoms with Gasteiger partial charge < -0.3 is 4.74 Å². The average molecular weight is 271 g/mol. The molecule has 2 aromatic heterocycles. The zero-order valence-corrected chi connectivity index (χ0v) is 11.5. The van der Waals surface area contributed by atoms with E-state index in [0.29, 0.717) is 11.4 Å². The first kappa shape index (κ1) is 12.6. The second-order valence-electron chi connectivity index (χ2n) is 4.63. The highest BCUT2D eigenvalue weighted by molar-refractivity contribution is 5.91. The van der Waals surface area contributed by atoms with Crippen molar-refractivity contribution in [2.75, 3.05) is 7.11 Å². The molecule has 0 fully saturated rings. The molecule has 0 aliphatic carbocycles. The quantitative estimate of drug-likeness (QED) is 0.718. The van der Waals surface area contributed by atoms with Crippen molar-refractivity contribution in [2.24, 2.45) is 0 Å². The molecule has 0 N–H and O–H groups in total. The highest BCUT2D eigenvalue weighted by Crippen LogP contribution is 2.29. The van der Waals surface area contributed by atoms with E-state index in [2.05, 4.69) is 10.1 Å². The van der Waals surface area contributed by atoms with E-state index in [0.717, 1.165) is 22.3 Å². The highest BCUT2D eigenvalue weighted by Gasteiger charge is 2.13. The number of methoxy groups -OCH3 is 1. The second kappa shape index (κ2) is 4.59. The number of hydrogen-bond acceptors (Lipinski definition) is 3. The molecule has 0 aliphatic heterocycles. The van der Waals surface area contributed by atoms with Crippen LogP contribution in [0.5, 0.6) is 5.75 Å². The molecule has 20 heavy (non-hydrogen) atoms. The van der Waals surface area contributed by atoms with Gasteiger partial charge in [-0.05, 0) is 26.0 Å². The van der Waals surface area contributed by atoms with Gasteiger partial charge in [-0.1, -0.05) is 12.1 Å². The van der Waals surface area contributed by atoms with Crippen molar-refractivity contribution in [3.8, 4) is 11.4 Å². The molecule has 0 bridgehead atoms. The molecule has 3 aromatic rings. The van der Waals surface area contributed by atoms with Crippen LogP contribution < -0.4 is 4.74 Å². The van der Waals surface area contributed by atoms with Crippen LogP contribution in [0.15, 0.2) is 30.5 Å². The molecule has 2 heterocycles. The van der Waals surface area contributed by atoms with Gasteiger partial charge in [0.25, 0.3) is 0 Å². The van der Waals surface area contributed by atoms with Gasteiger partial charge in [-0.2, -0.15) is 5.10 Å². The van der Waals surface area contributed by atoms with E-state index >= 15 is 0 Å². The molecule has 0 amide bonds. The predicted octanol–water partition coefficient (Wildman–Crippen LogP) is 3.19. The zero-order chi connectivity index (χ0) is 14.3. The van der Waals surface area contributed by atoms with Gasteiger partial charge in [-0.3, -0.25) is 0 Å². The first-order valence-electron chi connectivity index (χ1n) is 6.26. The molecule has 0 saturated heterocycles. The minimum absolute atomic E-state index is 0.324. The maximum atomic E-state index is 13.5. The van der Waals surface area contributed by atoms with Crippen LogP contribution in [0.4, 0.5) is 4.39 Å². The third-order valence-corrected chi connectivity index (χ3v) is 3.31. The topological polar surface area (TPSA) is 39.9 Å². The lowest BCUT2D eigenvalue weighted by Gasteiger charge is -2.11. The number of aromatic nitrogens is 3. The summed E-state index contributed by atoms with van der Waals surface area (Å²) in [5, 5.41) is 4.98. The monoisotopic (exact) mass is 271 g/mol. The Morgan fingerprint density at radius 2 is 2.05 bits per heavy atom. The summed E-state index contributed by atoms with van der Waals surface area (Å²) in [4.78, 5) is 4.51. The van der Waals surface area contributed by atoms with E-state index in [1.165, 1.54) is 6.20 Å². The molecule has 102 valence electrons. The second-order valence-corrected chi connectivity index (χ2v) is 4.63. The van der Waals surface area contributed by atoms with Gasteiger partial charge in [0.05, 0.1) is 24.7 Å². The number of fused-ring (bicyclic) bond motifs is 1. The maximum absolute atomic E-state index is 13.5. The van der Waals surface area contributed by atoms with Crippen LogP contribution in [-0.2, 0) is 0 Å². The Balaban J connectivity index is 2.39. The molecule has 4 nitrogen and oxygen atoms in total. The summed E-state index contributed by atoms with van der Waals surface area (Å²) >= 11 is 0. The number of pyridine rings is 1.